The first kappa shape index (κ1) is 16.2. The summed E-state index contributed by atoms with van der Waals surface area (Å²) >= 11 is 0. The molecular formula is C14H31NO2Si. The van der Waals surface area contributed by atoms with E-state index in [2.05, 4.69) is 53.0 Å². The summed E-state index contributed by atoms with van der Waals surface area (Å²) < 4.78 is 11.8. The molecule has 1 N–H and O–H groups in total. The molecule has 18 heavy (non-hydrogen) atoms. The van der Waals surface area contributed by atoms with Crippen LogP contribution in [0.1, 0.15) is 34.6 Å². The summed E-state index contributed by atoms with van der Waals surface area (Å²) in [6.07, 6.45) is 0. The van der Waals surface area contributed by atoms with Crippen LogP contribution in [0.15, 0.2) is 0 Å². The van der Waals surface area contributed by atoms with E-state index in [1.54, 1.807) is 0 Å². The zero-order valence-electron chi connectivity index (χ0n) is 13.2. The summed E-state index contributed by atoms with van der Waals surface area (Å²) in [5.41, 5.74) is 0.208. The van der Waals surface area contributed by atoms with Crippen LogP contribution in [0.5, 0.6) is 0 Å². The van der Waals surface area contributed by atoms with Crippen LogP contribution in [-0.4, -0.2) is 40.7 Å². The summed E-state index contributed by atoms with van der Waals surface area (Å²) in [6.45, 7) is 19.4. The Bertz CT molecular complexity index is 267. The van der Waals surface area contributed by atoms with E-state index < -0.39 is 8.32 Å². The Morgan fingerprint density at radius 1 is 1.28 bits per heavy atom. The van der Waals surface area contributed by atoms with Crippen LogP contribution in [0.4, 0.5) is 0 Å². The molecule has 0 aromatic rings. The van der Waals surface area contributed by atoms with Gasteiger partial charge in [0.15, 0.2) is 8.32 Å². The molecule has 0 spiro atoms. The quantitative estimate of drug-likeness (QED) is 0.755. The Hall–Kier alpha value is 0.0969. The minimum Gasteiger partial charge on any atom is -0.416 e. The second-order valence-corrected chi connectivity index (χ2v) is 12.4. The first-order valence-electron chi connectivity index (χ1n) is 7.03. The van der Waals surface area contributed by atoms with E-state index in [1.165, 1.54) is 0 Å². The molecule has 1 aliphatic rings. The van der Waals surface area contributed by atoms with Gasteiger partial charge in [-0.3, -0.25) is 0 Å². The van der Waals surface area contributed by atoms with Gasteiger partial charge in [0.25, 0.3) is 0 Å². The van der Waals surface area contributed by atoms with Gasteiger partial charge in [-0.25, -0.2) is 0 Å². The van der Waals surface area contributed by atoms with Crippen LogP contribution >= 0.6 is 0 Å². The predicted molar refractivity (Wildman–Crippen MR) is 79.5 cm³/mol. The van der Waals surface area contributed by atoms with Crippen LogP contribution in [0.25, 0.3) is 0 Å². The number of nitrogens with one attached hydrogen (secondary N) is 1. The maximum Gasteiger partial charge on any atom is 0.192 e. The molecule has 0 aromatic heterocycles. The van der Waals surface area contributed by atoms with Crippen molar-refractivity contribution in [3.63, 3.8) is 0 Å². The van der Waals surface area contributed by atoms with Crippen molar-refractivity contribution in [1.29, 1.82) is 0 Å². The molecule has 0 radical (unpaired) electrons. The molecule has 0 aliphatic carbocycles. The molecule has 3 nitrogen and oxygen atoms in total. The molecule has 0 amide bonds. The first-order chi connectivity index (χ1) is 8.08. The van der Waals surface area contributed by atoms with Gasteiger partial charge in [0, 0.05) is 19.2 Å². The topological polar surface area (TPSA) is 30.5 Å². The highest BCUT2D eigenvalue weighted by Crippen LogP contribution is 2.38. The summed E-state index contributed by atoms with van der Waals surface area (Å²) in [4.78, 5) is 0. The third-order valence-electron chi connectivity index (χ3n) is 4.25. The second kappa shape index (κ2) is 5.61. The maximum atomic E-state index is 6.35. The van der Waals surface area contributed by atoms with Gasteiger partial charge in [-0.2, -0.15) is 0 Å². The minimum absolute atomic E-state index is 0.208. The van der Waals surface area contributed by atoms with Crippen molar-refractivity contribution in [1.82, 2.24) is 5.32 Å². The monoisotopic (exact) mass is 273 g/mol. The van der Waals surface area contributed by atoms with Gasteiger partial charge >= 0.3 is 0 Å². The Labute approximate surface area is 114 Å². The Balaban J connectivity index is 2.49. The smallest absolute Gasteiger partial charge is 0.192 e. The second-order valence-electron chi connectivity index (χ2n) is 7.58. The van der Waals surface area contributed by atoms with E-state index in [0.29, 0.717) is 6.04 Å². The van der Waals surface area contributed by atoms with E-state index in [1.807, 2.05) is 0 Å². The fraction of sp³-hybridized carbons (Fsp3) is 1.00. The van der Waals surface area contributed by atoms with Gasteiger partial charge in [0.2, 0.25) is 0 Å². The van der Waals surface area contributed by atoms with Crippen LogP contribution < -0.4 is 5.32 Å². The van der Waals surface area contributed by atoms with Crippen molar-refractivity contribution in [3.8, 4) is 0 Å². The van der Waals surface area contributed by atoms with Crippen LogP contribution in [0.3, 0.4) is 0 Å². The lowest BCUT2D eigenvalue weighted by Gasteiger charge is -2.45. The third kappa shape index (κ3) is 4.05. The van der Waals surface area contributed by atoms with E-state index in [9.17, 15) is 0 Å². The number of hydrogen-bond donors (Lipinski definition) is 1. The highest BCUT2D eigenvalue weighted by Gasteiger charge is 2.43. The van der Waals surface area contributed by atoms with Crippen molar-refractivity contribution in [2.24, 2.45) is 5.41 Å². The lowest BCUT2D eigenvalue weighted by atomic mass is 9.87. The summed E-state index contributed by atoms with van der Waals surface area (Å²) in [5.74, 6) is 0. The zero-order chi connectivity index (χ0) is 14.0. The normalized spacial score (nSPS) is 20.0. The molecule has 0 aromatic carbocycles. The van der Waals surface area contributed by atoms with Crippen molar-refractivity contribution >= 4 is 8.32 Å². The fourth-order valence-corrected chi connectivity index (χ4v) is 2.70. The van der Waals surface area contributed by atoms with Crippen LogP contribution in [-0.2, 0) is 9.16 Å². The van der Waals surface area contributed by atoms with E-state index in [-0.39, 0.29) is 10.5 Å². The molecule has 1 fully saturated rings. The standard InChI is InChI=1S/C14H31NO2Si/c1-12(2)15-8-14(9-16-10-14)11-17-18(6,7)13(3,4)5/h12,15H,8-11H2,1-7H3. The number of ether oxygens (including phenoxy) is 1. The van der Waals surface area contributed by atoms with Crippen LogP contribution in [0.2, 0.25) is 18.1 Å². The van der Waals surface area contributed by atoms with Crippen molar-refractivity contribution in [3.05, 3.63) is 0 Å². The molecule has 4 heteroatoms. The van der Waals surface area contributed by atoms with Crippen molar-refractivity contribution in [2.75, 3.05) is 26.4 Å². The van der Waals surface area contributed by atoms with E-state index in [4.69, 9.17) is 9.16 Å². The molecule has 1 saturated heterocycles. The molecule has 1 aliphatic heterocycles. The van der Waals surface area contributed by atoms with Crippen LogP contribution in [0, 0.1) is 5.41 Å². The average molecular weight is 273 g/mol. The van der Waals surface area contributed by atoms with Crippen molar-refractivity contribution < 1.29 is 9.16 Å². The van der Waals surface area contributed by atoms with Gasteiger partial charge < -0.3 is 14.5 Å². The first-order valence-corrected chi connectivity index (χ1v) is 9.94. The molecule has 0 saturated carbocycles. The van der Waals surface area contributed by atoms with Crippen molar-refractivity contribution in [2.45, 2.75) is 58.8 Å². The lowest BCUT2D eigenvalue weighted by molar-refractivity contribution is -0.132. The Morgan fingerprint density at radius 2 is 1.83 bits per heavy atom. The molecule has 1 rings (SSSR count). The minimum atomic E-state index is -1.64. The molecule has 0 atom stereocenters. The van der Waals surface area contributed by atoms with Gasteiger partial charge in [0.05, 0.1) is 18.6 Å². The molecule has 1 heterocycles. The molecule has 0 unspecified atom stereocenters. The third-order valence-corrected chi connectivity index (χ3v) is 8.73. The molecular weight excluding hydrogens is 242 g/mol. The van der Waals surface area contributed by atoms with Gasteiger partial charge in [-0.05, 0) is 18.1 Å². The average Bonchev–Trinajstić information content (AvgIpc) is 2.13. The van der Waals surface area contributed by atoms with Gasteiger partial charge in [-0.15, -0.1) is 0 Å². The Kier molecular flexibility index (Phi) is 5.04. The number of hydrogen-bond acceptors (Lipinski definition) is 3. The van der Waals surface area contributed by atoms with Gasteiger partial charge in [-0.1, -0.05) is 34.6 Å². The highest BCUT2D eigenvalue weighted by molar-refractivity contribution is 6.74. The predicted octanol–water partition coefficient (Wildman–Crippen LogP) is 3.02. The number of rotatable bonds is 6. The lowest BCUT2D eigenvalue weighted by Crippen LogP contribution is -2.56. The molecule has 0 bridgehead atoms. The summed E-state index contributed by atoms with van der Waals surface area (Å²) in [5, 5.41) is 3.80. The SMILES string of the molecule is CC(C)NCC1(CO[Si](C)(C)C(C)(C)C)COC1. The summed E-state index contributed by atoms with van der Waals surface area (Å²) in [7, 11) is -1.64. The fourth-order valence-electron chi connectivity index (χ4n) is 1.60. The zero-order valence-corrected chi connectivity index (χ0v) is 14.2. The Morgan fingerprint density at radius 3 is 2.17 bits per heavy atom. The molecule has 108 valence electrons. The van der Waals surface area contributed by atoms with E-state index >= 15 is 0 Å². The van der Waals surface area contributed by atoms with Gasteiger partial charge in [0.1, 0.15) is 0 Å². The largest absolute Gasteiger partial charge is 0.416 e. The van der Waals surface area contributed by atoms with E-state index in [0.717, 1.165) is 26.4 Å². The maximum absolute atomic E-state index is 6.35. The highest BCUT2D eigenvalue weighted by atomic mass is 28.4. The summed E-state index contributed by atoms with van der Waals surface area (Å²) in [6, 6.07) is 0.523.